The molecular formula is C23H27F4N3O. The molecule has 2 aromatic rings. The van der Waals surface area contributed by atoms with Crippen LogP contribution >= 0.6 is 0 Å². The number of alkyl halides is 2. The van der Waals surface area contributed by atoms with Gasteiger partial charge in [0, 0.05) is 24.2 Å². The lowest BCUT2D eigenvalue weighted by Gasteiger charge is -2.47. The van der Waals surface area contributed by atoms with Crippen molar-refractivity contribution >= 4 is 5.69 Å². The third-order valence-corrected chi connectivity index (χ3v) is 6.67. The molecule has 168 valence electrons. The van der Waals surface area contributed by atoms with Gasteiger partial charge in [-0.05, 0) is 74.8 Å². The molecule has 2 aliphatic rings. The molecule has 1 aliphatic carbocycles. The zero-order valence-corrected chi connectivity index (χ0v) is 17.2. The predicted octanol–water partition coefficient (Wildman–Crippen LogP) is 5.12. The van der Waals surface area contributed by atoms with Gasteiger partial charge in [0.05, 0.1) is 23.7 Å². The molecule has 1 aromatic heterocycles. The lowest BCUT2D eigenvalue weighted by molar-refractivity contribution is -0.172. The average Bonchev–Trinajstić information content (AvgIpc) is 2.76. The molecule has 2 N–H and O–H groups in total. The molecule has 0 radical (unpaired) electrons. The summed E-state index contributed by atoms with van der Waals surface area (Å²) in [6.07, 6.45) is 5.98. The second-order valence-corrected chi connectivity index (χ2v) is 8.66. The Labute approximate surface area is 179 Å². The number of piperidine rings is 1. The van der Waals surface area contributed by atoms with Gasteiger partial charge < -0.3 is 15.4 Å². The number of aromatic nitrogens is 1. The van der Waals surface area contributed by atoms with Crippen molar-refractivity contribution < 1.29 is 22.3 Å². The van der Waals surface area contributed by atoms with Crippen molar-refractivity contribution in [3.8, 4) is 11.3 Å². The first-order valence-electron chi connectivity index (χ1n) is 10.7. The summed E-state index contributed by atoms with van der Waals surface area (Å²) in [6.45, 7) is -1.19. The van der Waals surface area contributed by atoms with E-state index in [-0.39, 0.29) is 17.6 Å². The van der Waals surface area contributed by atoms with E-state index in [4.69, 9.17) is 5.73 Å². The molecule has 2 heterocycles. The van der Waals surface area contributed by atoms with Crippen molar-refractivity contribution in [1.29, 1.82) is 0 Å². The standard InChI is InChI=1S/C23H27F4N3O/c24-19-8-2-15(12-20(19)25)21-9-5-17(13-29-21)30-11-1-10-23(28,14-30)16-3-6-18(7-4-16)31-22(26)27/h2,5,8-9,12-13,16,18,22H,1,3-4,6-7,10-11,14,28H2/t16?,18?,23-/m1/s1. The van der Waals surface area contributed by atoms with Crippen molar-refractivity contribution in [3.63, 3.8) is 0 Å². The maximum absolute atomic E-state index is 13.5. The van der Waals surface area contributed by atoms with E-state index in [1.165, 1.54) is 6.07 Å². The monoisotopic (exact) mass is 437 g/mol. The number of ether oxygens (including phenoxy) is 1. The van der Waals surface area contributed by atoms with Crippen LogP contribution in [0.3, 0.4) is 0 Å². The van der Waals surface area contributed by atoms with Crippen LogP contribution in [0.1, 0.15) is 38.5 Å². The van der Waals surface area contributed by atoms with Crippen molar-refractivity contribution in [2.45, 2.75) is 56.8 Å². The Hall–Kier alpha value is -2.19. The number of nitrogens with two attached hydrogens (primary N) is 1. The smallest absolute Gasteiger partial charge is 0.345 e. The van der Waals surface area contributed by atoms with Crippen LogP contribution in [0.5, 0.6) is 0 Å². The van der Waals surface area contributed by atoms with Gasteiger partial charge >= 0.3 is 6.61 Å². The number of benzene rings is 1. The van der Waals surface area contributed by atoms with Crippen LogP contribution in [-0.4, -0.2) is 36.3 Å². The maximum Gasteiger partial charge on any atom is 0.345 e. The molecule has 1 aromatic carbocycles. The van der Waals surface area contributed by atoms with Gasteiger partial charge in [0.1, 0.15) is 0 Å². The number of halogens is 4. The van der Waals surface area contributed by atoms with E-state index in [2.05, 4.69) is 14.6 Å². The lowest BCUT2D eigenvalue weighted by atomic mass is 9.70. The SMILES string of the molecule is N[C@]1(C2CCC(OC(F)F)CC2)CCCN(c2ccc(-c3ccc(F)c(F)c3)nc2)C1. The van der Waals surface area contributed by atoms with Gasteiger partial charge in [-0.1, -0.05) is 0 Å². The summed E-state index contributed by atoms with van der Waals surface area (Å²) in [5.41, 5.74) is 8.46. The number of anilines is 1. The summed E-state index contributed by atoms with van der Waals surface area (Å²) in [6, 6.07) is 7.44. The highest BCUT2D eigenvalue weighted by atomic mass is 19.3. The molecule has 2 fully saturated rings. The molecule has 1 aliphatic heterocycles. The number of hydrogen-bond acceptors (Lipinski definition) is 4. The minimum Gasteiger partial charge on any atom is -0.368 e. The minimum absolute atomic E-state index is 0.266. The van der Waals surface area contributed by atoms with Crippen molar-refractivity contribution in [3.05, 3.63) is 48.2 Å². The first-order chi connectivity index (χ1) is 14.8. The minimum atomic E-state index is -2.72. The first kappa shape index (κ1) is 22.0. The van der Waals surface area contributed by atoms with E-state index in [0.717, 1.165) is 50.0 Å². The Balaban J connectivity index is 1.42. The molecule has 0 amide bonds. The Morgan fingerprint density at radius 2 is 1.84 bits per heavy atom. The average molecular weight is 437 g/mol. The van der Waals surface area contributed by atoms with E-state index >= 15 is 0 Å². The fourth-order valence-corrected chi connectivity index (χ4v) is 4.98. The van der Waals surface area contributed by atoms with Gasteiger partial charge in [-0.3, -0.25) is 4.98 Å². The molecule has 4 nitrogen and oxygen atoms in total. The van der Waals surface area contributed by atoms with Crippen LogP contribution in [0.25, 0.3) is 11.3 Å². The summed E-state index contributed by atoms with van der Waals surface area (Å²) < 4.78 is 56.3. The van der Waals surface area contributed by atoms with Crippen LogP contribution in [0.15, 0.2) is 36.5 Å². The topological polar surface area (TPSA) is 51.4 Å². The van der Waals surface area contributed by atoms with Crippen molar-refractivity contribution in [2.75, 3.05) is 18.0 Å². The zero-order valence-electron chi connectivity index (χ0n) is 17.2. The first-order valence-corrected chi connectivity index (χ1v) is 10.7. The molecular weight excluding hydrogens is 410 g/mol. The summed E-state index contributed by atoms with van der Waals surface area (Å²) in [5, 5.41) is 0. The molecule has 1 atom stereocenters. The van der Waals surface area contributed by atoms with E-state index in [1.807, 2.05) is 6.07 Å². The molecule has 0 spiro atoms. The zero-order chi connectivity index (χ0) is 22.0. The highest BCUT2D eigenvalue weighted by Crippen LogP contribution is 2.38. The van der Waals surface area contributed by atoms with E-state index in [1.54, 1.807) is 12.3 Å². The molecule has 4 rings (SSSR count). The molecule has 8 heteroatoms. The molecule has 1 saturated heterocycles. The van der Waals surface area contributed by atoms with E-state index in [0.29, 0.717) is 30.6 Å². The quantitative estimate of drug-likeness (QED) is 0.660. The Kier molecular flexibility index (Phi) is 6.48. The third-order valence-electron chi connectivity index (χ3n) is 6.67. The van der Waals surface area contributed by atoms with Gasteiger partial charge in [-0.2, -0.15) is 8.78 Å². The molecule has 31 heavy (non-hydrogen) atoms. The Morgan fingerprint density at radius 1 is 1.06 bits per heavy atom. The Bertz CT molecular complexity index is 887. The number of pyridine rings is 1. The molecule has 1 saturated carbocycles. The second kappa shape index (κ2) is 9.12. The summed E-state index contributed by atoms with van der Waals surface area (Å²) >= 11 is 0. The van der Waals surface area contributed by atoms with Crippen LogP contribution < -0.4 is 10.6 Å². The van der Waals surface area contributed by atoms with Crippen molar-refractivity contribution in [2.24, 2.45) is 11.7 Å². The summed E-state index contributed by atoms with van der Waals surface area (Å²) in [5.74, 6) is -1.52. The fraction of sp³-hybridized carbons (Fsp3) is 0.522. The highest BCUT2D eigenvalue weighted by Gasteiger charge is 2.41. The van der Waals surface area contributed by atoms with Crippen LogP contribution in [-0.2, 0) is 4.74 Å². The van der Waals surface area contributed by atoms with Gasteiger partial charge in [0.2, 0.25) is 0 Å². The van der Waals surface area contributed by atoms with Crippen molar-refractivity contribution in [1.82, 2.24) is 4.98 Å². The van der Waals surface area contributed by atoms with Crippen LogP contribution in [0.4, 0.5) is 23.2 Å². The van der Waals surface area contributed by atoms with Gasteiger partial charge in [0.25, 0.3) is 0 Å². The van der Waals surface area contributed by atoms with Crippen LogP contribution in [0.2, 0.25) is 0 Å². The van der Waals surface area contributed by atoms with E-state index in [9.17, 15) is 17.6 Å². The Morgan fingerprint density at radius 3 is 2.48 bits per heavy atom. The second-order valence-electron chi connectivity index (χ2n) is 8.66. The summed E-state index contributed by atoms with van der Waals surface area (Å²) in [7, 11) is 0. The maximum atomic E-state index is 13.5. The number of hydrogen-bond donors (Lipinski definition) is 1. The largest absolute Gasteiger partial charge is 0.368 e. The van der Waals surface area contributed by atoms with Gasteiger partial charge in [-0.25, -0.2) is 8.78 Å². The molecule has 0 bridgehead atoms. The predicted molar refractivity (Wildman–Crippen MR) is 111 cm³/mol. The summed E-state index contributed by atoms with van der Waals surface area (Å²) in [4.78, 5) is 6.64. The van der Waals surface area contributed by atoms with Crippen LogP contribution in [0, 0.1) is 17.6 Å². The highest BCUT2D eigenvalue weighted by molar-refractivity contribution is 5.61. The number of rotatable bonds is 5. The number of nitrogens with zero attached hydrogens (tertiary/aromatic N) is 2. The van der Waals surface area contributed by atoms with Gasteiger partial charge in [-0.15, -0.1) is 0 Å². The van der Waals surface area contributed by atoms with E-state index < -0.39 is 18.2 Å². The normalized spacial score (nSPS) is 27.0. The fourth-order valence-electron chi connectivity index (χ4n) is 4.98. The third kappa shape index (κ3) is 5.01. The molecule has 0 unspecified atom stereocenters. The lowest BCUT2D eigenvalue weighted by Crippen LogP contribution is -2.59. The van der Waals surface area contributed by atoms with Gasteiger partial charge in [0.15, 0.2) is 11.6 Å².